The van der Waals surface area contributed by atoms with Gasteiger partial charge < -0.3 is 15.0 Å². The molecule has 1 N–H and O–H groups in total. The third kappa shape index (κ3) is 3.95. The zero-order chi connectivity index (χ0) is 20.5. The summed E-state index contributed by atoms with van der Waals surface area (Å²) in [5, 5.41) is 2.50. The predicted octanol–water partition coefficient (Wildman–Crippen LogP) is 4.01. The van der Waals surface area contributed by atoms with Crippen molar-refractivity contribution in [3.05, 3.63) is 53.6 Å². The summed E-state index contributed by atoms with van der Waals surface area (Å²) in [6, 6.07) is 10.6. The van der Waals surface area contributed by atoms with Crippen LogP contribution in [0.25, 0.3) is 0 Å². The topological polar surface area (TPSA) is 58.6 Å². The molecule has 0 saturated carbocycles. The van der Waals surface area contributed by atoms with Gasteiger partial charge in [0.15, 0.2) is 0 Å². The maximum atomic E-state index is 13.1. The quantitative estimate of drug-likeness (QED) is 0.855. The number of ether oxygens (including phenoxy) is 1. The normalized spacial score (nSPS) is 17.0. The van der Waals surface area contributed by atoms with E-state index in [1.54, 1.807) is 24.3 Å². The van der Waals surface area contributed by atoms with Gasteiger partial charge in [0.2, 0.25) is 11.8 Å². The van der Waals surface area contributed by atoms with Gasteiger partial charge in [-0.3, -0.25) is 9.59 Å². The number of carbonyl (C=O) groups excluding carboxylic acids is 2. The number of aryl methyl sites for hydroxylation is 1. The van der Waals surface area contributed by atoms with Crippen LogP contribution in [0.4, 0.5) is 24.5 Å². The molecule has 1 atom stereocenters. The molecule has 0 aliphatic carbocycles. The maximum absolute atomic E-state index is 13.1. The number of amides is 2. The first-order valence-electron chi connectivity index (χ1n) is 8.63. The van der Waals surface area contributed by atoms with Gasteiger partial charge in [-0.2, -0.15) is 13.2 Å². The molecule has 148 valence electrons. The summed E-state index contributed by atoms with van der Waals surface area (Å²) in [5.74, 6) is -0.912. The van der Waals surface area contributed by atoms with E-state index in [-0.39, 0.29) is 30.1 Å². The second kappa shape index (κ2) is 7.53. The number of halogens is 3. The van der Waals surface area contributed by atoms with Gasteiger partial charge in [-0.25, -0.2) is 0 Å². The van der Waals surface area contributed by atoms with E-state index < -0.39 is 23.6 Å². The first kappa shape index (κ1) is 19.7. The molecule has 1 unspecified atom stereocenters. The second-order valence-electron chi connectivity index (χ2n) is 6.59. The van der Waals surface area contributed by atoms with Crippen molar-refractivity contribution in [2.75, 3.05) is 23.9 Å². The number of nitrogens with zero attached hydrogens (tertiary/aromatic N) is 1. The van der Waals surface area contributed by atoms with Crippen LogP contribution in [0, 0.1) is 12.8 Å². The average molecular weight is 392 g/mol. The number of rotatable bonds is 4. The molecule has 0 aromatic heterocycles. The minimum atomic E-state index is -4.51. The lowest BCUT2D eigenvalue weighted by Gasteiger charge is -2.19. The molecule has 2 aromatic rings. The highest BCUT2D eigenvalue weighted by atomic mass is 19.4. The van der Waals surface area contributed by atoms with E-state index in [9.17, 15) is 22.8 Å². The van der Waals surface area contributed by atoms with Crippen LogP contribution in [0.2, 0.25) is 0 Å². The molecule has 28 heavy (non-hydrogen) atoms. The Balaban J connectivity index is 1.75. The molecule has 5 nitrogen and oxygen atoms in total. The third-order valence-corrected chi connectivity index (χ3v) is 4.68. The Morgan fingerprint density at radius 1 is 1.21 bits per heavy atom. The van der Waals surface area contributed by atoms with E-state index in [2.05, 4.69) is 5.32 Å². The van der Waals surface area contributed by atoms with Crippen LogP contribution in [0.3, 0.4) is 0 Å². The Kier molecular flexibility index (Phi) is 5.31. The highest BCUT2D eigenvalue weighted by molar-refractivity contribution is 6.04. The Labute approximate surface area is 160 Å². The van der Waals surface area contributed by atoms with Crippen LogP contribution in [0.15, 0.2) is 42.5 Å². The molecule has 0 radical (unpaired) electrons. The smallest absolute Gasteiger partial charge is 0.416 e. The van der Waals surface area contributed by atoms with E-state index >= 15 is 0 Å². The molecule has 1 aliphatic heterocycles. The van der Waals surface area contributed by atoms with Gasteiger partial charge >= 0.3 is 6.18 Å². The summed E-state index contributed by atoms with van der Waals surface area (Å²) < 4.78 is 44.4. The van der Waals surface area contributed by atoms with Gasteiger partial charge in [-0.1, -0.05) is 18.2 Å². The first-order chi connectivity index (χ1) is 13.2. The number of methoxy groups -OCH3 is 1. The largest absolute Gasteiger partial charge is 0.495 e. The molecular weight excluding hydrogens is 373 g/mol. The van der Waals surface area contributed by atoms with Crippen LogP contribution in [-0.2, 0) is 15.8 Å². The third-order valence-electron chi connectivity index (χ3n) is 4.68. The van der Waals surface area contributed by atoms with Crippen molar-refractivity contribution in [1.29, 1.82) is 0 Å². The van der Waals surface area contributed by atoms with Gasteiger partial charge in [-0.15, -0.1) is 0 Å². The van der Waals surface area contributed by atoms with Crippen molar-refractivity contribution in [1.82, 2.24) is 0 Å². The van der Waals surface area contributed by atoms with Crippen LogP contribution in [-0.4, -0.2) is 25.5 Å². The van der Waals surface area contributed by atoms with E-state index in [4.69, 9.17) is 4.74 Å². The molecule has 1 aliphatic rings. The summed E-state index contributed by atoms with van der Waals surface area (Å²) in [5.41, 5.74) is -0.126. The average Bonchev–Trinajstić information content (AvgIpc) is 3.04. The molecule has 2 amide bonds. The molecule has 1 heterocycles. The molecule has 1 fully saturated rings. The Hall–Kier alpha value is -3.03. The lowest BCUT2D eigenvalue weighted by atomic mass is 10.1. The maximum Gasteiger partial charge on any atom is 0.416 e. The number of hydrogen-bond donors (Lipinski definition) is 1. The predicted molar refractivity (Wildman–Crippen MR) is 98.3 cm³/mol. The zero-order valence-corrected chi connectivity index (χ0v) is 15.3. The molecule has 2 aromatic carbocycles. The second-order valence-corrected chi connectivity index (χ2v) is 6.59. The number of carbonyl (C=O) groups is 2. The van der Waals surface area contributed by atoms with Crippen molar-refractivity contribution >= 4 is 23.2 Å². The minimum Gasteiger partial charge on any atom is -0.495 e. The molecule has 3 rings (SSSR count). The van der Waals surface area contributed by atoms with Crippen molar-refractivity contribution < 1.29 is 27.5 Å². The van der Waals surface area contributed by atoms with Crippen LogP contribution in [0.5, 0.6) is 5.75 Å². The molecular formula is C20H19F3N2O3. The Morgan fingerprint density at radius 2 is 1.93 bits per heavy atom. The number of hydrogen-bond acceptors (Lipinski definition) is 3. The fraction of sp³-hybridized carbons (Fsp3) is 0.300. The number of nitrogens with one attached hydrogen (secondary N) is 1. The molecule has 8 heteroatoms. The Morgan fingerprint density at radius 3 is 2.61 bits per heavy atom. The molecule has 0 spiro atoms. The fourth-order valence-corrected chi connectivity index (χ4v) is 3.22. The molecule has 1 saturated heterocycles. The number of benzene rings is 2. The van der Waals surface area contributed by atoms with Gasteiger partial charge in [0.25, 0.3) is 0 Å². The van der Waals surface area contributed by atoms with Gasteiger partial charge in [0.05, 0.1) is 24.3 Å². The van der Waals surface area contributed by atoms with Crippen molar-refractivity contribution in [2.45, 2.75) is 19.5 Å². The van der Waals surface area contributed by atoms with Crippen LogP contribution < -0.4 is 15.0 Å². The SMILES string of the molecule is COc1ccccc1N1CC(C(=O)Nc2ccc(C)c(C(F)(F)F)c2)CC1=O. The van der Waals surface area contributed by atoms with E-state index in [0.29, 0.717) is 11.4 Å². The summed E-state index contributed by atoms with van der Waals surface area (Å²) >= 11 is 0. The van der Waals surface area contributed by atoms with Crippen LogP contribution in [0.1, 0.15) is 17.5 Å². The lowest BCUT2D eigenvalue weighted by Crippen LogP contribution is -2.28. The summed E-state index contributed by atoms with van der Waals surface area (Å²) in [6.07, 6.45) is -4.53. The lowest BCUT2D eigenvalue weighted by molar-refractivity contribution is -0.138. The fourth-order valence-electron chi connectivity index (χ4n) is 3.22. The van der Waals surface area contributed by atoms with E-state index in [0.717, 1.165) is 6.07 Å². The van der Waals surface area contributed by atoms with E-state index in [1.165, 1.54) is 31.1 Å². The number of para-hydroxylation sites is 2. The highest BCUT2D eigenvalue weighted by Gasteiger charge is 2.37. The molecule has 0 bridgehead atoms. The number of alkyl halides is 3. The van der Waals surface area contributed by atoms with Crippen molar-refractivity contribution in [3.63, 3.8) is 0 Å². The number of anilines is 2. The minimum absolute atomic E-state index is 0.0259. The van der Waals surface area contributed by atoms with E-state index in [1.807, 2.05) is 0 Å². The first-order valence-corrected chi connectivity index (χ1v) is 8.63. The van der Waals surface area contributed by atoms with Crippen LogP contribution >= 0.6 is 0 Å². The van der Waals surface area contributed by atoms with Gasteiger partial charge in [0.1, 0.15) is 5.75 Å². The highest BCUT2D eigenvalue weighted by Crippen LogP contribution is 2.35. The van der Waals surface area contributed by atoms with Gasteiger partial charge in [0, 0.05) is 18.7 Å². The monoisotopic (exact) mass is 392 g/mol. The van der Waals surface area contributed by atoms with Crippen molar-refractivity contribution in [2.24, 2.45) is 5.92 Å². The zero-order valence-electron chi connectivity index (χ0n) is 15.3. The summed E-state index contributed by atoms with van der Waals surface area (Å²) in [7, 11) is 1.49. The summed E-state index contributed by atoms with van der Waals surface area (Å²) in [4.78, 5) is 26.4. The Bertz CT molecular complexity index is 912. The standard InChI is InChI=1S/C20H19F3N2O3/c1-12-7-8-14(10-15(12)20(21,22)23)24-19(27)13-9-18(26)25(11-13)16-5-3-4-6-17(16)28-2/h3-8,10,13H,9,11H2,1-2H3,(H,24,27). The summed E-state index contributed by atoms with van der Waals surface area (Å²) in [6.45, 7) is 1.48. The van der Waals surface area contributed by atoms with Gasteiger partial charge in [-0.05, 0) is 36.8 Å². The van der Waals surface area contributed by atoms with Crippen molar-refractivity contribution in [3.8, 4) is 5.75 Å².